The molecule has 4 aromatic rings. The molecule has 0 spiro atoms. The maximum Gasteiger partial charge on any atom is 0.349 e. The molecule has 0 saturated heterocycles. The number of amides is 1. The molecule has 1 amide bonds. The van der Waals surface area contributed by atoms with Gasteiger partial charge < -0.3 is 19.2 Å². The summed E-state index contributed by atoms with van der Waals surface area (Å²) in [4.78, 5) is 37.6. The molecular formula is C28H24BrNO6. The summed E-state index contributed by atoms with van der Waals surface area (Å²) in [6, 6.07) is 19.0. The highest BCUT2D eigenvalue weighted by molar-refractivity contribution is 9.10. The van der Waals surface area contributed by atoms with Crippen LogP contribution in [-0.2, 0) is 4.79 Å². The number of esters is 1. The normalized spacial score (nSPS) is 11.7. The van der Waals surface area contributed by atoms with Crippen LogP contribution in [0, 0.1) is 13.8 Å². The fraction of sp³-hybridized carbons (Fsp3) is 0.179. The van der Waals surface area contributed by atoms with Crippen LogP contribution in [0.2, 0.25) is 0 Å². The molecule has 0 saturated carbocycles. The third-order valence-electron chi connectivity index (χ3n) is 5.59. The second kappa shape index (κ2) is 10.8. The van der Waals surface area contributed by atoms with Crippen LogP contribution in [-0.4, -0.2) is 18.5 Å². The van der Waals surface area contributed by atoms with E-state index in [1.54, 1.807) is 12.1 Å². The van der Waals surface area contributed by atoms with Crippen molar-refractivity contribution in [1.29, 1.82) is 0 Å². The SMILES string of the molecule is Cc1cc(Br)cc(C)c1OCC(=O)Oc1ccc2cc(C(=O)NC(C)c3ccccc3)c(=O)oc2c1. The molecule has 0 bridgehead atoms. The summed E-state index contributed by atoms with van der Waals surface area (Å²) < 4.78 is 17.3. The Bertz CT molecular complexity index is 1470. The molecule has 0 aliphatic heterocycles. The van der Waals surface area contributed by atoms with Gasteiger partial charge in [0.15, 0.2) is 6.61 Å². The van der Waals surface area contributed by atoms with E-state index in [0.29, 0.717) is 11.1 Å². The fourth-order valence-electron chi connectivity index (χ4n) is 3.83. The largest absolute Gasteiger partial charge is 0.481 e. The lowest BCUT2D eigenvalue weighted by Crippen LogP contribution is -2.30. The van der Waals surface area contributed by atoms with Crippen LogP contribution in [0.4, 0.5) is 0 Å². The first kappa shape index (κ1) is 25.2. The van der Waals surface area contributed by atoms with E-state index in [4.69, 9.17) is 13.9 Å². The van der Waals surface area contributed by atoms with E-state index < -0.39 is 17.5 Å². The second-order valence-electron chi connectivity index (χ2n) is 8.38. The highest BCUT2D eigenvalue weighted by atomic mass is 79.9. The van der Waals surface area contributed by atoms with E-state index in [1.807, 2.05) is 63.2 Å². The van der Waals surface area contributed by atoms with Gasteiger partial charge in [-0.3, -0.25) is 4.79 Å². The van der Waals surface area contributed by atoms with Crippen LogP contribution in [0.1, 0.15) is 40.0 Å². The molecular weight excluding hydrogens is 526 g/mol. The molecule has 1 N–H and O–H groups in total. The van der Waals surface area contributed by atoms with Crippen LogP contribution >= 0.6 is 15.9 Å². The van der Waals surface area contributed by atoms with Crippen molar-refractivity contribution in [2.75, 3.05) is 6.61 Å². The predicted octanol–water partition coefficient (Wildman–Crippen LogP) is 5.65. The number of nitrogens with one attached hydrogen (secondary N) is 1. The average molecular weight is 550 g/mol. The first-order valence-corrected chi connectivity index (χ1v) is 12.0. The van der Waals surface area contributed by atoms with Crippen molar-refractivity contribution in [2.45, 2.75) is 26.8 Å². The Labute approximate surface area is 216 Å². The molecule has 8 heteroatoms. The number of halogens is 1. The summed E-state index contributed by atoms with van der Waals surface area (Å²) in [5.41, 5.74) is 1.99. The average Bonchev–Trinajstić information content (AvgIpc) is 2.83. The van der Waals surface area contributed by atoms with Crippen LogP contribution < -0.4 is 20.4 Å². The van der Waals surface area contributed by atoms with Gasteiger partial charge in [0.25, 0.3) is 5.91 Å². The minimum atomic E-state index is -0.784. The lowest BCUT2D eigenvalue weighted by atomic mass is 10.1. The Morgan fingerprint density at radius 2 is 1.69 bits per heavy atom. The van der Waals surface area contributed by atoms with Gasteiger partial charge in [-0.1, -0.05) is 46.3 Å². The molecule has 7 nitrogen and oxygen atoms in total. The summed E-state index contributed by atoms with van der Waals surface area (Å²) in [6.07, 6.45) is 0. The summed E-state index contributed by atoms with van der Waals surface area (Å²) >= 11 is 3.43. The molecule has 184 valence electrons. The third-order valence-corrected chi connectivity index (χ3v) is 6.05. The Balaban J connectivity index is 1.44. The lowest BCUT2D eigenvalue weighted by Gasteiger charge is -2.14. The molecule has 1 heterocycles. The minimum Gasteiger partial charge on any atom is -0.481 e. The summed E-state index contributed by atoms with van der Waals surface area (Å²) in [7, 11) is 0. The highest BCUT2D eigenvalue weighted by Gasteiger charge is 2.18. The van der Waals surface area contributed by atoms with Crippen molar-refractivity contribution in [1.82, 2.24) is 5.32 Å². The number of rotatable bonds is 7. The van der Waals surface area contributed by atoms with E-state index >= 15 is 0 Å². The topological polar surface area (TPSA) is 94.8 Å². The molecule has 0 fully saturated rings. The van der Waals surface area contributed by atoms with Crippen LogP contribution in [0.3, 0.4) is 0 Å². The molecule has 4 rings (SSSR count). The Hall–Kier alpha value is -3.91. The van der Waals surface area contributed by atoms with Crippen molar-refractivity contribution >= 4 is 38.8 Å². The number of ether oxygens (including phenoxy) is 2. The molecule has 36 heavy (non-hydrogen) atoms. The van der Waals surface area contributed by atoms with Gasteiger partial charge in [0.05, 0.1) is 6.04 Å². The minimum absolute atomic E-state index is 0.108. The number of benzene rings is 3. The van der Waals surface area contributed by atoms with Gasteiger partial charge in [0.2, 0.25) is 0 Å². The van der Waals surface area contributed by atoms with Crippen LogP contribution in [0.15, 0.2) is 80.4 Å². The first-order valence-electron chi connectivity index (χ1n) is 11.2. The second-order valence-corrected chi connectivity index (χ2v) is 9.30. The zero-order valence-corrected chi connectivity index (χ0v) is 21.5. The van der Waals surface area contributed by atoms with Crippen LogP contribution in [0.25, 0.3) is 11.0 Å². The number of aryl methyl sites for hydroxylation is 2. The molecule has 0 aliphatic carbocycles. The van der Waals surface area contributed by atoms with Gasteiger partial charge in [-0.25, -0.2) is 9.59 Å². The number of fused-ring (bicyclic) bond motifs is 1. The number of hydrogen-bond donors (Lipinski definition) is 1. The Kier molecular flexibility index (Phi) is 7.55. The van der Waals surface area contributed by atoms with E-state index in [-0.39, 0.29) is 29.5 Å². The smallest absolute Gasteiger partial charge is 0.349 e. The quantitative estimate of drug-likeness (QED) is 0.182. The van der Waals surface area contributed by atoms with Gasteiger partial charge in [0.1, 0.15) is 22.6 Å². The number of hydrogen-bond acceptors (Lipinski definition) is 6. The molecule has 0 radical (unpaired) electrons. The van der Waals surface area contributed by atoms with Crippen molar-refractivity contribution < 1.29 is 23.5 Å². The van der Waals surface area contributed by atoms with Gasteiger partial charge in [0, 0.05) is 15.9 Å². The van der Waals surface area contributed by atoms with Crippen molar-refractivity contribution in [2.24, 2.45) is 0 Å². The van der Waals surface area contributed by atoms with E-state index in [9.17, 15) is 14.4 Å². The monoisotopic (exact) mass is 549 g/mol. The summed E-state index contributed by atoms with van der Waals surface area (Å²) in [5, 5.41) is 3.33. The molecule has 0 aliphatic rings. The van der Waals surface area contributed by atoms with Gasteiger partial charge in [-0.2, -0.15) is 0 Å². The zero-order chi connectivity index (χ0) is 25.8. The third kappa shape index (κ3) is 5.83. The van der Waals surface area contributed by atoms with Gasteiger partial charge >= 0.3 is 11.6 Å². The van der Waals surface area contributed by atoms with Crippen molar-refractivity contribution in [3.8, 4) is 11.5 Å². The number of carbonyl (C=O) groups excluding carboxylic acids is 2. The maximum absolute atomic E-state index is 12.7. The van der Waals surface area contributed by atoms with Gasteiger partial charge in [-0.05, 0) is 67.8 Å². The standard InChI is InChI=1S/C28H24BrNO6/c1-16-11-21(29)12-17(2)26(16)34-15-25(31)35-22-10-9-20-13-23(28(33)36-24(20)14-22)27(32)30-18(3)19-7-5-4-6-8-19/h4-14,18H,15H2,1-3H3,(H,30,32). The summed E-state index contributed by atoms with van der Waals surface area (Å²) in [5.74, 6) is -0.331. The number of carbonyl (C=O) groups is 2. The zero-order valence-electron chi connectivity index (χ0n) is 20.0. The van der Waals surface area contributed by atoms with Crippen molar-refractivity contribution in [3.63, 3.8) is 0 Å². The predicted molar refractivity (Wildman–Crippen MR) is 140 cm³/mol. The molecule has 1 aromatic heterocycles. The molecule has 1 unspecified atom stereocenters. The van der Waals surface area contributed by atoms with E-state index in [1.165, 1.54) is 12.1 Å². The highest BCUT2D eigenvalue weighted by Crippen LogP contribution is 2.27. The maximum atomic E-state index is 12.7. The van der Waals surface area contributed by atoms with Gasteiger partial charge in [-0.15, -0.1) is 0 Å². The van der Waals surface area contributed by atoms with E-state index in [2.05, 4.69) is 21.2 Å². The van der Waals surface area contributed by atoms with Crippen molar-refractivity contribution in [3.05, 3.63) is 104 Å². The first-order chi connectivity index (χ1) is 17.2. The van der Waals surface area contributed by atoms with Crippen LogP contribution in [0.5, 0.6) is 11.5 Å². The lowest BCUT2D eigenvalue weighted by molar-refractivity contribution is -0.136. The molecule has 3 aromatic carbocycles. The van der Waals surface area contributed by atoms with E-state index in [0.717, 1.165) is 21.2 Å². The summed E-state index contributed by atoms with van der Waals surface area (Å²) in [6.45, 7) is 5.32. The Morgan fingerprint density at radius 1 is 1.00 bits per heavy atom. The Morgan fingerprint density at radius 3 is 2.39 bits per heavy atom. The molecule has 1 atom stereocenters. The fourth-order valence-corrected chi connectivity index (χ4v) is 4.52.